The molecule has 5 heteroatoms. The van der Waals surface area contributed by atoms with Crippen molar-refractivity contribution in [1.29, 1.82) is 0 Å². The van der Waals surface area contributed by atoms with Gasteiger partial charge in [0.2, 0.25) is 0 Å². The summed E-state index contributed by atoms with van der Waals surface area (Å²) >= 11 is 0. The highest BCUT2D eigenvalue weighted by Gasteiger charge is 2.02. The number of nitrogens with one attached hydrogen (secondary N) is 1. The molecule has 0 spiro atoms. The van der Waals surface area contributed by atoms with Crippen LogP contribution in [0.3, 0.4) is 0 Å². The van der Waals surface area contributed by atoms with E-state index in [0.717, 1.165) is 16.6 Å². The molecule has 3 aromatic rings. The van der Waals surface area contributed by atoms with E-state index >= 15 is 0 Å². The minimum Gasteiger partial charge on any atom is -0.424 e. The largest absolute Gasteiger partial charge is 0.424 e. The van der Waals surface area contributed by atoms with Crippen molar-refractivity contribution < 1.29 is 9.57 Å². The van der Waals surface area contributed by atoms with Crippen molar-refractivity contribution >= 4 is 16.6 Å². The molecule has 1 N–H and O–H groups in total. The number of rotatable bonds is 4. The van der Waals surface area contributed by atoms with Gasteiger partial charge < -0.3 is 4.74 Å². The highest BCUT2D eigenvalue weighted by atomic mass is 16.6. The van der Waals surface area contributed by atoms with Crippen LogP contribution in [0.4, 0.5) is 5.69 Å². The van der Waals surface area contributed by atoms with Crippen LogP contribution in [-0.2, 0) is 4.84 Å². The lowest BCUT2D eigenvalue weighted by molar-refractivity contribution is 0.271. The maximum atomic E-state index is 5.63. The number of fused-ring (bicyclic) bond motifs is 1. The summed E-state index contributed by atoms with van der Waals surface area (Å²) in [7, 11) is 1.56. The minimum absolute atomic E-state index is 0.330. The molecule has 100 valence electrons. The Hall–Kier alpha value is -2.66. The Kier molecular flexibility index (Phi) is 3.43. The van der Waals surface area contributed by atoms with E-state index in [4.69, 9.17) is 9.57 Å². The van der Waals surface area contributed by atoms with Gasteiger partial charge in [-0.25, -0.2) is 4.98 Å². The molecule has 0 radical (unpaired) electrons. The van der Waals surface area contributed by atoms with Gasteiger partial charge in [-0.2, -0.15) is 4.98 Å². The van der Waals surface area contributed by atoms with Crippen LogP contribution in [0.2, 0.25) is 0 Å². The first kappa shape index (κ1) is 12.4. The lowest BCUT2D eigenvalue weighted by Crippen LogP contribution is -1.95. The van der Waals surface area contributed by atoms with Gasteiger partial charge in [-0.05, 0) is 30.3 Å². The third-order valence-corrected chi connectivity index (χ3v) is 2.75. The summed E-state index contributed by atoms with van der Waals surface area (Å²) in [5.74, 6) is 0.668. The fourth-order valence-corrected chi connectivity index (χ4v) is 1.82. The zero-order chi connectivity index (χ0) is 13.8. The zero-order valence-electron chi connectivity index (χ0n) is 10.9. The Labute approximate surface area is 116 Å². The summed E-state index contributed by atoms with van der Waals surface area (Å²) in [5.41, 5.74) is 4.44. The quantitative estimate of drug-likeness (QED) is 0.734. The van der Waals surface area contributed by atoms with Crippen LogP contribution in [-0.4, -0.2) is 17.1 Å². The number of aromatic nitrogens is 2. The Morgan fingerprint density at radius 3 is 2.60 bits per heavy atom. The minimum atomic E-state index is 0.330. The molecule has 0 aliphatic rings. The summed E-state index contributed by atoms with van der Waals surface area (Å²) < 4.78 is 5.63. The van der Waals surface area contributed by atoms with E-state index < -0.39 is 0 Å². The van der Waals surface area contributed by atoms with Gasteiger partial charge in [-0.3, -0.25) is 10.3 Å². The Balaban J connectivity index is 1.81. The monoisotopic (exact) mass is 267 g/mol. The number of anilines is 1. The Bertz CT molecular complexity index is 714. The second-order valence-electron chi connectivity index (χ2n) is 4.14. The van der Waals surface area contributed by atoms with Crippen molar-refractivity contribution in [2.75, 3.05) is 12.6 Å². The average Bonchev–Trinajstić information content (AvgIpc) is 2.49. The number of hydrogen-bond acceptors (Lipinski definition) is 5. The van der Waals surface area contributed by atoms with Crippen molar-refractivity contribution in [3.05, 3.63) is 54.7 Å². The summed E-state index contributed by atoms with van der Waals surface area (Å²) in [6.45, 7) is 0. The number of para-hydroxylation sites is 1. The van der Waals surface area contributed by atoms with E-state index in [9.17, 15) is 0 Å². The molecule has 0 saturated heterocycles. The van der Waals surface area contributed by atoms with E-state index in [-0.39, 0.29) is 0 Å². The van der Waals surface area contributed by atoms with Crippen molar-refractivity contribution in [3.8, 4) is 11.8 Å². The van der Waals surface area contributed by atoms with Crippen molar-refractivity contribution in [1.82, 2.24) is 9.97 Å². The van der Waals surface area contributed by atoms with Crippen molar-refractivity contribution in [3.63, 3.8) is 0 Å². The average molecular weight is 267 g/mol. The Morgan fingerprint density at radius 1 is 1.00 bits per heavy atom. The molecule has 0 aliphatic carbocycles. The van der Waals surface area contributed by atoms with Gasteiger partial charge in [0.25, 0.3) is 0 Å². The van der Waals surface area contributed by atoms with E-state index in [1.807, 2.05) is 48.5 Å². The van der Waals surface area contributed by atoms with E-state index in [1.165, 1.54) is 0 Å². The van der Waals surface area contributed by atoms with E-state index in [2.05, 4.69) is 15.4 Å². The zero-order valence-corrected chi connectivity index (χ0v) is 10.9. The molecule has 0 unspecified atom stereocenters. The molecule has 1 heterocycles. The van der Waals surface area contributed by atoms with Crippen LogP contribution >= 0.6 is 0 Å². The van der Waals surface area contributed by atoms with E-state index in [1.54, 1.807) is 13.3 Å². The van der Waals surface area contributed by atoms with Crippen LogP contribution in [0.15, 0.2) is 54.7 Å². The summed E-state index contributed by atoms with van der Waals surface area (Å²) in [6, 6.07) is 15.4. The number of ether oxygens (including phenoxy) is 1. The molecule has 20 heavy (non-hydrogen) atoms. The van der Waals surface area contributed by atoms with Crippen LogP contribution < -0.4 is 10.2 Å². The van der Waals surface area contributed by atoms with Gasteiger partial charge in [-0.15, -0.1) is 0 Å². The van der Waals surface area contributed by atoms with Gasteiger partial charge in [0.1, 0.15) is 5.75 Å². The molecular formula is C15H13N3O2. The molecular weight excluding hydrogens is 254 g/mol. The maximum absolute atomic E-state index is 5.63. The second kappa shape index (κ2) is 5.54. The van der Waals surface area contributed by atoms with Crippen molar-refractivity contribution in [2.45, 2.75) is 0 Å². The third kappa shape index (κ3) is 2.67. The lowest BCUT2D eigenvalue weighted by Gasteiger charge is -2.06. The SMILES string of the molecule is CONc1ccc(Oc2ncc3ccccc3n2)cc1. The molecule has 0 amide bonds. The fourth-order valence-electron chi connectivity index (χ4n) is 1.82. The second-order valence-corrected chi connectivity index (χ2v) is 4.14. The lowest BCUT2D eigenvalue weighted by atomic mass is 10.2. The predicted molar refractivity (Wildman–Crippen MR) is 76.7 cm³/mol. The molecule has 0 bridgehead atoms. The fraction of sp³-hybridized carbons (Fsp3) is 0.0667. The third-order valence-electron chi connectivity index (χ3n) is 2.75. The standard InChI is InChI=1S/C15H13N3O2/c1-19-18-12-6-8-13(9-7-12)20-15-16-10-11-4-2-3-5-14(11)17-15/h2-10,18H,1H3. The molecule has 0 aliphatic heterocycles. The summed E-state index contributed by atoms with van der Waals surface area (Å²) in [4.78, 5) is 13.4. The van der Waals surface area contributed by atoms with Gasteiger partial charge in [0, 0.05) is 11.6 Å². The topological polar surface area (TPSA) is 56.3 Å². The van der Waals surface area contributed by atoms with Crippen LogP contribution in [0.5, 0.6) is 11.8 Å². The van der Waals surface area contributed by atoms with Gasteiger partial charge in [0.05, 0.1) is 18.3 Å². The highest BCUT2D eigenvalue weighted by Crippen LogP contribution is 2.21. The normalized spacial score (nSPS) is 10.4. The molecule has 0 saturated carbocycles. The first-order valence-corrected chi connectivity index (χ1v) is 6.14. The van der Waals surface area contributed by atoms with Crippen LogP contribution in [0.1, 0.15) is 0 Å². The summed E-state index contributed by atoms with van der Waals surface area (Å²) in [5, 5.41) is 0.986. The molecule has 1 aromatic heterocycles. The molecule has 0 atom stereocenters. The molecule has 5 nitrogen and oxygen atoms in total. The van der Waals surface area contributed by atoms with Crippen LogP contribution in [0, 0.1) is 0 Å². The first-order valence-electron chi connectivity index (χ1n) is 6.14. The van der Waals surface area contributed by atoms with Gasteiger partial charge >= 0.3 is 6.01 Å². The van der Waals surface area contributed by atoms with Gasteiger partial charge in [0.15, 0.2) is 0 Å². The maximum Gasteiger partial charge on any atom is 0.322 e. The number of hydrogen-bond donors (Lipinski definition) is 1. The molecule has 0 fully saturated rings. The molecule has 3 rings (SSSR count). The predicted octanol–water partition coefficient (Wildman–Crippen LogP) is 3.40. The first-order chi connectivity index (χ1) is 9.85. The van der Waals surface area contributed by atoms with Gasteiger partial charge in [-0.1, -0.05) is 18.2 Å². The number of nitrogens with zero attached hydrogens (tertiary/aromatic N) is 2. The summed E-state index contributed by atoms with van der Waals surface area (Å²) in [6.07, 6.45) is 1.75. The van der Waals surface area contributed by atoms with Crippen LogP contribution in [0.25, 0.3) is 10.9 Å². The number of benzene rings is 2. The molecule has 2 aromatic carbocycles. The Morgan fingerprint density at radius 2 is 1.80 bits per heavy atom. The van der Waals surface area contributed by atoms with E-state index in [0.29, 0.717) is 11.8 Å². The van der Waals surface area contributed by atoms with Crippen molar-refractivity contribution in [2.24, 2.45) is 0 Å². The highest BCUT2D eigenvalue weighted by molar-refractivity contribution is 5.77. The smallest absolute Gasteiger partial charge is 0.322 e.